The van der Waals surface area contributed by atoms with Crippen LogP contribution in [0, 0.1) is 0 Å². The highest BCUT2D eigenvalue weighted by molar-refractivity contribution is 6.32. The van der Waals surface area contributed by atoms with Crippen molar-refractivity contribution in [1.82, 2.24) is 14.3 Å². The van der Waals surface area contributed by atoms with Gasteiger partial charge in [-0.25, -0.2) is 14.3 Å². The third-order valence-corrected chi connectivity index (χ3v) is 3.46. The minimum Gasteiger partial charge on any atom is -0.256 e. The molecule has 0 saturated heterocycles. The van der Waals surface area contributed by atoms with Gasteiger partial charge in [-0.2, -0.15) is 4.68 Å². The third-order valence-electron chi connectivity index (χ3n) is 3.14. The van der Waals surface area contributed by atoms with Crippen LogP contribution < -0.4 is 11.4 Å². The molecular weight excluding hydrogens is 290 g/mol. The second-order valence-corrected chi connectivity index (χ2v) is 4.95. The van der Waals surface area contributed by atoms with Crippen molar-refractivity contribution in [1.29, 1.82) is 0 Å². The van der Waals surface area contributed by atoms with E-state index in [1.54, 1.807) is 24.3 Å². The molecule has 0 aliphatic rings. The van der Waals surface area contributed by atoms with Gasteiger partial charge in [0.2, 0.25) is 0 Å². The van der Waals surface area contributed by atoms with E-state index in [0.29, 0.717) is 10.7 Å². The molecule has 3 aromatic rings. The summed E-state index contributed by atoms with van der Waals surface area (Å²) in [6.07, 6.45) is 0. The predicted octanol–water partition coefficient (Wildman–Crippen LogP) is 2.03. The van der Waals surface area contributed by atoms with Gasteiger partial charge in [0.15, 0.2) is 0 Å². The molecule has 1 heterocycles. The number of aromatic amines is 1. The number of aromatic nitrogens is 3. The average molecular weight is 302 g/mol. The number of para-hydroxylation sites is 1. The summed E-state index contributed by atoms with van der Waals surface area (Å²) < 4.78 is 2.59. The minimum absolute atomic E-state index is 0.281. The molecule has 0 amide bonds. The van der Waals surface area contributed by atoms with E-state index in [-0.39, 0.29) is 6.54 Å². The Morgan fingerprint density at radius 2 is 1.57 bits per heavy atom. The first-order valence-electron chi connectivity index (χ1n) is 6.38. The van der Waals surface area contributed by atoms with E-state index in [1.165, 1.54) is 9.36 Å². The van der Waals surface area contributed by atoms with Crippen LogP contribution in [0.25, 0.3) is 5.69 Å². The maximum Gasteiger partial charge on any atom is 0.349 e. The van der Waals surface area contributed by atoms with Gasteiger partial charge in [-0.15, -0.1) is 0 Å². The number of rotatable bonds is 3. The Labute approximate surface area is 125 Å². The van der Waals surface area contributed by atoms with Crippen molar-refractivity contribution in [2.24, 2.45) is 0 Å². The Balaban J connectivity index is 2.16. The maximum absolute atomic E-state index is 12.0. The first kappa shape index (κ1) is 13.5. The molecular formula is C15H12ClN3O2. The molecule has 0 radical (unpaired) electrons. The van der Waals surface area contributed by atoms with E-state index in [4.69, 9.17) is 11.6 Å². The van der Waals surface area contributed by atoms with Gasteiger partial charge in [0.1, 0.15) is 0 Å². The summed E-state index contributed by atoms with van der Waals surface area (Å²) in [6.45, 7) is 0.281. The molecule has 0 bridgehead atoms. The Kier molecular flexibility index (Phi) is 3.50. The van der Waals surface area contributed by atoms with Crippen LogP contribution in [0.5, 0.6) is 0 Å². The molecule has 0 saturated carbocycles. The van der Waals surface area contributed by atoms with Crippen LogP contribution in [-0.4, -0.2) is 14.3 Å². The van der Waals surface area contributed by atoms with Crippen molar-refractivity contribution < 1.29 is 0 Å². The largest absolute Gasteiger partial charge is 0.349 e. The monoisotopic (exact) mass is 301 g/mol. The van der Waals surface area contributed by atoms with Crippen LogP contribution in [-0.2, 0) is 6.54 Å². The number of benzene rings is 2. The number of hydrogen-bond acceptors (Lipinski definition) is 2. The highest BCUT2D eigenvalue weighted by Crippen LogP contribution is 2.17. The molecule has 3 rings (SSSR count). The van der Waals surface area contributed by atoms with Crippen LogP contribution in [0.1, 0.15) is 5.56 Å². The van der Waals surface area contributed by atoms with Crippen molar-refractivity contribution in [3.05, 3.63) is 86.2 Å². The summed E-state index contributed by atoms with van der Waals surface area (Å²) in [5.41, 5.74) is 0.408. The van der Waals surface area contributed by atoms with Crippen LogP contribution in [0.2, 0.25) is 5.02 Å². The maximum atomic E-state index is 12.0. The molecule has 0 aliphatic carbocycles. The average Bonchev–Trinajstić information content (AvgIpc) is 2.75. The third kappa shape index (κ3) is 2.55. The van der Waals surface area contributed by atoms with Gasteiger partial charge in [-0.05, 0) is 17.7 Å². The molecule has 0 aliphatic heterocycles. The van der Waals surface area contributed by atoms with Gasteiger partial charge in [-0.1, -0.05) is 54.1 Å². The van der Waals surface area contributed by atoms with Gasteiger partial charge in [0.25, 0.3) is 0 Å². The summed E-state index contributed by atoms with van der Waals surface area (Å²) in [5.74, 6) is 0. The van der Waals surface area contributed by atoms with Crippen molar-refractivity contribution in [2.75, 3.05) is 0 Å². The molecule has 0 fully saturated rings. The molecule has 0 spiro atoms. The molecule has 2 aromatic carbocycles. The lowest BCUT2D eigenvalue weighted by atomic mass is 10.2. The summed E-state index contributed by atoms with van der Waals surface area (Å²) in [7, 11) is 0. The Morgan fingerprint density at radius 3 is 2.29 bits per heavy atom. The minimum atomic E-state index is -0.510. The summed E-state index contributed by atoms with van der Waals surface area (Å²) in [6, 6.07) is 16.3. The Morgan fingerprint density at radius 1 is 0.905 bits per heavy atom. The smallest absolute Gasteiger partial charge is 0.256 e. The predicted molar refractivity (Wildman–Crippen MR) is 81.2 cm³/mol. The van der Waals surface area contributed by atoms with E-state index in [1.807, 2.05) is 30.3 Å². The van der Waals surface area contributed by atoms with E-state index in [9.17, 15) is 9.59 Å². The lowest BCUT2D eigenvalue weighted by Gasteiger charge is -2.11. The van der Waals surface area contributed by atoms with Crippen LogP contribution >= 0.6 is 11.6 Å². The summed E-state index contributed by atoms with van der Waals surface area (Å²) in [4.78, 5) is 26.3. The molecule has 6 heteroatoms. The molecule has 1 N–H and O–H groups in total. The fourth-order valence-corrected chi connectivity index (χ4v) is 2.39. The van der Waals surface area contributed by atoms with E-state index >= 15 is 0 Å². The number of H-pyrrole nitrogens is 1. The molecule has 0 atom stereocenters. The van der Waals surface area contributed by atoms with Crippen molar-refractivity contribution in [3.63, 3.8) is 0 Å². The zero-order valence-corrected chi connectivity index (χ0v) is 11.7. The highest BCUT2D eigenvalue weighted by atomic mass is 35.5. The standard InChI is InChI=1S/C15H12ClN3O2/c16-12-8-4-5-9-13(12)19-15(21)17-14(20)18(19)10-11-6-2-1-3-7-11/h1-9H,10H2,(H,17,20,21). The molecule has 5 nitrogen and oxygen atoms in total. The number of hydrogen-bond donors (Lipinski definition) is 1. The van der Waals surface area contributed by atoms with Crippen molar-refractivity contribution in [3.8, 4) is 5.69 Å². The second-order valence-electron chi connectivity index (χ2n) is 4.54. The normalized spacial score (nSPS) is 10.7. The van der Waals surface area contributed by atoms with Gasteiger partial charge in [0.05, 0.1) is 17.3 Å². The fourth-order valence-electron chi connectivity index (χ4n) is 2.17. The van der Waals surface area contributed by atoms with Gasteiger partial charge < -0.3 is 0 Å². The molecule has 106 valence electrons. The van der Waals surface area contributed by atoms with Crippen LogP contribution in [0.3, 0.4) is 0 Å². The van der Waals surface area contributed by atoms with Gasteiger partial charge >= 0.3 is 11.4 Å². The lowest BCUT2D eigenvalue weighted by molar-refractivity contribution is 0.576. The highest BCUT2D eigenvalue weighted by Gasteiger charge is 2.13. The Bertz CT molecular complexity index is 878. The topological polar surface area (TPSA) is 59.8 Å². The number of nitrogens with zero attached hydrogens (tertiary/aromatic N) is 2. The second kappa shape index (κ2) is 5.46. The molecule has 21 heavy (non-hydrogen) atoms. The van der Waals surface area contributed by atoms with Crippen LogP contribution in [0.4, 0.5) is 0 Å². The van der Waals surface area contributed by atoms with E-state index in [0.717, 1.165) is 5.56 Å². The number of halogens is 1. The first-order chi connectivity index (χ1) is 10.2. The van der Waals surface area contributed by atoms with Crippen molar-refractivity contribution in [2.45, 2.75) is 6.54 Å². The fraction of sp³-hybridized carbons (Fsp3) is 0.0667. The lowest BCUT2D eigenvalue weighted by Crippen LogP contribution is -2.26. The van der Waals surface area contributed by atoms with Gasteiger partial charge in [-0.3, -0.25) is 4.98 Å². The van der Waals surface area contributed by atoms with Crippen molar-refractivity contribution >= 4 is 11.6 Å². The summed E-state index contributed by atoms with van der Waals surface area (Å²) in [5, 5.41) is 0.403. The molecule has 0 unspecified atom stereocenters. The van der Waals surface area contributed by atoms with Crippen LogP contribution in [0.15, 0.2) is 64.2 Å². The zero-order chi connectivity index (χ0) is 14.8. The number of nitrogens with one attached hydrogen (secondary N) is 1. The zero-order valence-electron chi connectivity index (χ0n) is 11.0. The van der Waals surface area contributed by atoms with E-state index in [2.05, 4.69) is 4.98 Å². The molecule has 1 aromatic heterocycles. The first-order valence-corrected chi connectivity index (χ1v) is 6.75. The van der Waals surface area contributed by atoms with Gasteiger partial charge in [0, 0.05) is 0 Å². The van der Waals surface area contributed by atoms with E-state index < -0.39 is 11.4 Å². The Hall–Kier alpha value is -2.53. The summed E-state index contributed by atoms with van der Waals surface area (Å²) >= 11 is 6.13. The SMILES string of the molecule is O=c1[nH]c(=O)n(-c2ccccc2Cl)n1Cc1ccccc1. The quantitative estimate of drug-likeness (QED) is 0.804.